The zero-order chi connectivity index (χ0) is 10.4. The summed E-state index contributed by atoms with van der Waals surface area (Å²) in [5.74, 6) is 0.651. The minimum absolute atomic E-state index is 0.246. The van der Waals surface area contributed by atoms with E-state index < -0.39 is 0 Å². The summed E-state index contributed by atoms with van der Waals surface area (Å²) < 4.78 is 4.98. The van der Waals surface area contributed by atoms with Crippen molar-refractivity contribution in [3.05, 3.63) is 23.9 Å². The van der Waals surface area contributed by atoms with Gasteiger partial charge in [-0.2, -0.15) is 0 Å². The Kier molecular flexibility index (Phi) is 4.40. The largest absolute Gasteiger partial charge is 0.481 e. The molecule has 0 saturated carbocycles. The van der Waals surface area contributed by atoms with Crippen molar-refractivity contribution >= 4 is 0 Å². The predicted molar refractivity (Wildman–Crippen MR) is 57.4 cm³/mol. The van der Waals surface area contributed by atoms with Crippen LogP contribution in [-0.4, -0.2) is 18.1 Å². The first-order chi connectivity index (χ1) is 6.76. The molecule has 0 unspecified atom stereocenters. The maximum absolute atomic E-state index is 5.93. The summed E-state index contributed by atoms with van der Waals surface area (Å²) >= 11 is 0. The van der Waals surface area contributed by atoms with Crippen LogP contribution in [0.3, 0.4) is 0 Å². The molecule has 2 N–H and O–H groups in total. The molecule has 0 spiro atoms. The fourth-order valence-electron chi connectivity index (χ4n) is 1.43. The fourth-order valence-corrected chi connectivity index (χ4v) is 1.43. The number of methoxy groups -OCH3 is 1. The third-order valence-electron chi connectivity index (χ3n) is 2.16. The number of hydrogen-bond acceptors (Lipinski definition) is 3. The van der Waals surface area contributed by atoms with Gasteiger partial charge in [0.1, 0.15) is 0 Å². The summed E-state index contributed by atoms with van der Waals surface area (Å²) in [6.07, 6.45) is 4.91. The minimum Gasteiger partial charge on any atom is -0.481 e. The monoisotopic (exact) mass is 194 g/mol. The van der Waals surface area contributed by atoms with Crippen LogP contribution in [0.4, 0.5) is 0 Å². The van der Waals surface area contributed by atoms with Gasteiger partial charge in [-0.05, 0) is 18.4 Å². The molecule has 3 nitrogen and oxygen atoms in total. The van der Waals surface area contributed by atoms with Crippen LogP contribution in [0.2, 0.25) is 0 Å². The van der Waals surface area contributed by atoms with Crippen molar-refractivity contribution in [1.82, 2.24) is 4.98 Å². The van der Waals surface area contributed by atoms with Gasteiger partial charge in [0, 0.05) is 18.3 Å². The van der Waals surface area contributed by atoms with Gasteiger partial charge in [-0.15, -0.1) is 0 Å². The van der Waals surface area contributed by atoms with Crippen LogP contribution >= 0.6 is 0 Å². The Bertz CT molecular complexity index is 258. The lowest BCUT2D eigenvalue weighted by molar-refractivity contribution is 0.397. The standard InChI is InChI=1S/C11H18N2O/c1-3-4-10(12)7-9-5-6-11(14-2)13-8-9/h5-6,8,10H,3-4,7,12H2,1-2H3/t10-/m0/s1. The molecular weight excluding hydrogens is 176 g/mol. The number of rotatable bonds is 5. The van der Waals surface area contributed by atoms with Gasteiger partial charge in [-0.3, -0.25) is 0 Å². The Morgan fingerprint density at radius 1 is 1.50 bits per heavy atom. The van der Waals surface area contributed by atoms with Gasteiger partial charge in [0.15, 0.2) is 0 Å². The molecule has 0 aliphatic carbocycles. The molecule has 3 heteroatoms. The topological polar surface area (TPSA) is 48.1 Å². The van der Waals surface area contributed by atoms with Crippen molar-refractivity contribution in [2.24, 2.45) is 5.73 Å². The molecule has 1 heterocycles. The van der Waals surface area contributed by atoms with E-state index in [0.717, 1.165) is 19.3 Å². The Hall–Kier alpha value is -1.09. The van der Waals surface area contributed by atoms with E-state index in [1.165, 1.54) is 5.56 Å². The Morgan fingerprint density at radius 3 is 2.79 bits per heavy atom. The highest BCUT2D eigenvalue weighted by Crippen LogP contribution is 2.09. The average molecular weight is 194 g/mol. The van der Waals surface area contributed by atoms with Crippen molar-refractivity contribution in [3.8, 4) is 5.88 Å². The van der Waals surface area contributed by atoms with Crippen molar-refractivity contribution < 1.29 is 4.74 Å². The number of hydrogen-bond donors (Lipinski definition) is 1. The molecule has 0 aliphatic heterocycles. The zero-order valence-electron chi connectivity index (χ0n) is 8.86. The lowest BCUT2D eigenvalue weighted by Gasteiger charge is -2.09. The van der Waals surface area contributed by atoms with Crippen LogP contribution < -0.4 is 10.5 Å². The molecule has 0 saturated heterocycles. The third kappa shape index (κ3) is 3.34. The molecule has 1 aromatic rings. The highest BCUT2D eigenvalue weighted by molar-refractivity contribution is 5.18. The first kappa shape index (κ1) is 11.0. The fraction of sp³-hybridized carbons (Fsp3) is 0.545. The van der Waals surface area contributed by atoms with Crippen LogP contribution in [0, 0.1) is 0 Å². The van der Waals surface area contributed by atoms with Crippen LogP contribution in [0.15, 0.2) is 18.3 Å². The van der Waals surface area contributed by atoms with Crippen LogP contribution in [0.25, 0.3) is 0 Å². The van der Waals surface area contributed by atoms with E-state index in [1.54, 1.807) is 7.11 Å². The molecule has 14 heavy (non-hydrogen) atoms. The summed E-state index contributed by atoms with van der Waals surface area (Å²) in [5, 5.41) is 0. The van der Waals surface area contributed by atoms with Crippen molar-refractivity contribution in [3.63, 3.8) is 0 Å². The second-order valence-electron chi connectivity index (χ2n) is 3.46. The van der Waals surface area contributed by atoms with E-state index in [1.807, 2.05) is 18.3 Å². The third-order valence-corrected chi connectivity index (χ3v) is 2.16. The normalized spacial score (nSPS) is 12.5. The number of ether oxygens (including phenoxy) is 1. The molecule has 0 aliphatic rings. The molecule has 1 atom stereocenters. The van der Waals surface area contributed by atoms with Crippen LogP contribution in [0.1, 0.15) is 25.3 Å². The van der Waals surface area contributed by atoms with E-state index >= 15 is 0 Å². The molecule has 0 radical (unpaired) electrons. The lowest BCUT2D eigenvalue weighted by atomic mass is 10.0. The van der Waals surface area contributed by atoms with E-state index in [0.29, 0.717) is 5.88 Å². The second-order valence-corrected chi connectivity index (χ2v) is 3.46. The van der Waals surface area contributed by atoms with E-state index in [9.17, 15) is 0 Å². The predicted octanol–water partition coefficient (Wildman–Crippen LogP) is 1.76. The maximum Gasteiger partial charge on any atom is 0.212 e. The summed E-state index contributed by atoms with van der Waals surface area (Å²) in [6, 6.07) is 4.13. The highest BCUT2D eigenvalue weighted by atomic mass is 16.5. The van der Waals surface area contributed by atoms with Gasteiger partial charge < -0.3 is 10.5 Å². The molecule has 0 aromatic carbocycles. The first-order valence-corrected chi connectivity index (χ1v) is 5.00. The molecule has 0 bridgehead atoms. The average Bonchev–Trinajstić information content (AvgIpc) is 2.19. The van der Waals surface area contributed by atoms with Gasteiger partial charge in [-0.25, -0.2) is 4.98 Å². The lowest BCUT2D eigenvalue weighted by Crippen LogP contribution is -2.22. The molecule has 0 fully saturated rings. The number of nitrogens with two attached hydrogens (primary N) is 1. The molecular formula is C11H18N2O. The zero-order valence-corrected chi connectivity index (χ0v) is 8.86. The van der Waals surface area contributed by atoms with Gasteiger partial charge in [-0.1, -0.05) is 19.4 Å². The number of nitrogens with zero attached hydrogens (tertiary/aromatic N) is 1. The van der Waals surface area contributed by atoms with Crippen molar-refractivity contribution in [1.29, 1.82) is 0 Å². The van der Waals surface area contributed by atoms with Gasteiger partial charge in [0.25, 0.3) is 0 Å². The first-order valence-electron chi connectivity index (χ1n) is 5.00. The molecule has 78 valence electrons. The van der Waals surface area contributed by atoms with Crippen molar-refractivity contribution in [2.75, 3.05) is 7.11 Å². The van der Waals surface area contributed by atoms with Gasteiger partial charge in [0.2, 0.25) is 5.88 Å². The van der Waals surface area contributed by atoms with Crippen LogP contribution in [0.5, 0.6) is 5.88 Å². The highest BCUT2D eigenvalue weighted by Gasteiger charge is 2.03. The Labute approximate surface area is 85.3 Å². The maximum atomic E-state index is 5.93. The molecule has 0 amide bonds. The molecule has 1 rings (SSSR count). The number of aromatic nitrogens is 1. The van der Waals surface area contributed by atoms with E-state index in [4.69, 9.17) is 10.5 Å². The summed E-state index contributed by atoms with van der Waals surface area (Å²) in [4.78, 5) is 4.13. The van der Waals surface area contributed by atoms with E-state index in [2.05, 4.69) is 11.9 Å². The van der Waals surface area contributed by atoms with Gasteiger partial charge in [0.05, 0.1) is 7.11 Å². The summed E-state index contributed by atoms with van der Waals surface area (Å²) in [5.41, 5.74) is 7.10. The summed E-state index contributed by atoms with van der Waals surface area (Å²) in [7, 11) is 1.62. The van der Waals surface area contributed by atoms with Crippen LogP contribution in [-0.2, 0) is 6.42 Å². The molecule has 1 aromatic heterocycles. The Morgan fingerprint density at radius 2 is 2.29 bits per heavy atom. The Balaban J connectivity index is 2.50. The van der Waals surface area contributed by atoms with Gasteiger partial charge >= 0.3 is 0 Å². The van der Waals surface area contributed by atoms with E-state index in [-0.39, 0.29) is 6.04 Å². The van der Waals surface area contributed by atoms with Crippen molar-refractivity contribution in [2.45, 2.75) is 32.2 Å². The summed E-state index contributed by atoms with van der Waals surface area (Å²) in [6.45, 7) is 2.14. The SMILES string of the molecule is CCC[C@H](N)Cc1ccc(OC)nc1. The second kappa shape index (κ2) is 5.60. The number of pyridine rings is 1. The quantitative estimate of drug-likeness (QED) is 0.777. The smallest absolute Gasteiger partial charge is 0.212 e. The minimum atomic E-state index is 0.246.